The van der Waals surface area contributed by atoms with Gasteiger partial charge < -0.3 is 9.30 Å². The fraction of sp³-hybridized carbons (Fsp3) is 0.450. The molecule has 0 spiro atoms. The van der Waals surface area contributed by atoms with E-state index < -0.39 is 0 Å². The topological polar surface area (TPSA) is 27.1 Å². The maximum atomic E-state index is 5.37. The molecule has 0 N–H and O–H groups in total. The summed E-state index contributed by atoms with van der Waals surface area (Å²) in [6.45, 7) is 2.81. The molecule has 3 heteroatoms. The maximum absolute atomic E-state index is 5.37. The Morgan fingerprint density at radius 1 is 1.09 bits per heavy atom. The first kappa shape index (κ1) is 14.5. The number of imidazole rings is 1. The van der Waals surface area contributed by atoms with Crippen molar-refractivity contribution in [3.8, 4) is 23.1 Å². The predicted octanol–water partition coefficient (Wildman–Crippen LogP) is 3.66. The van der Waals surface area contributed by atoms with Gasteiger partial charge in [0.2, 0.25) is 0 Å². The molecule has 1 saturated heterocycles. The first-order valence-corrected chi connectivity index (χ1v) is 8.64. The molecule has 3 nitrogen and oxygen atoms in total. The number of hydrogen-bond acceptors (Lipinski definition) is 2. The second-order valence-corrected chi connectivity index (χ2v) is 6.43. The molecule has 1 aromatic carbocycles. The third-order valence-electron chi connectivity index (χ3n) is 4.73. The van der Waals surface area contributed by atoms with Crippen LogP contribution in [0.5, 0.6) is 0 Å². The van der Waals surface area contributed by atoms with Crippen LogP contribution in [0.1, 0.15) is 37.1 Å². The van der Waals surface area contributed by atoms with Crippen molar-refractivity contribution >= 4 is 0 Å². The smallest absolute Gasteiger partial charge is 0.109 e. The van der Waals surface area contributed by atoms with Crippen LogP contribution in [0.15, 0.2) is 30.5 Å². The van der Waals surface area contributed by atoms with Crippen molar-refractivity contribution in [2.45, 2.75) is 38.6 Å². The fourth-order valence-corrected chi connectivity index (χ4v) is 3.30. The second kappa shape index (κ2) is 6.60. The second-order valence-electron chi connectivity index (χ2n) is 6.43. The highest BCUT2D eigenvalue weighted by Crippen LogP contribution is 2.23. The zero-order valence-corrected chi connectivity index (χ0v) is 13.4. The molecule has 1 fully saturated rings. The van der Waals surface area contributed by atoms with E-state index in [0.717, 1.165) is 50.3 Å². The van der Waals surface area contributed by atoms with Gasteiger partial charge >= 0.3 is 0 Å². The van der Waals surface area contributed by atoms with Crippen LogP contribution in [0.2, 0.25) is 0 Å². The van der Waals surface area contributed by atoms with Crippen LogP contribution in [0.25, 0.3) is 11.3 Å². The van der Waals surface area contributed by atoms with E-state index in [1.165, 1.54) is 24.2 Å². The van der Waals surface area contributed by atoms with Crippen molar-refractivity contribution in [2.24, 2.45) is 5.92 Å². The largest absolute Gasteiger partial charge is 0.381 e. The van der Waals surface area contributed by atoms with Gasteiger partial charge in [-0.15, -0.1) is 0 Å². The maximum Gasteiger partial charge on any atom is 0.109 e. The molecule has 0 unspecified atom stereocenters. The summed E-state index contributed by atoms with van der Waals surface area (Å²) in [5.74, 6) is 8.42. The van der Waals surface area contributed by atoms with Crippen LogP contribution < -0.4 is 0 Å². The minimum Gasteiger partial charge on any atom is -0.381 e. The van der Waals surface area contributed by atoms with Crippen molar-refractivity contribution < 1.29 is 4.74 Å². The Hall–Kier alpha value is -2.05. The summed E-state index contributed by atoms with van der Waals surface area (Å²) in [6, 6.07) is 8.50. The molecule has 0 saturated carbocycles. The zero-order chi connectivity index (χ0) is 15.5. The normalized spacial score (nSPS) is 18.1. The van der Waals surface area contributed by atoms with Gasteiger partial charge in [0.15, 0.2) is 0 Å². The summed E-state index contributed by atoms with van der Waals surface area (Å²) in [7, 11) is 0. The molecular weight excluding hydrogens is 284 g/mol. The Morgan fingerprint density at radius 3 is 2.70 bits per heavy atom. The monoisotopic (exact) mass is 306 g/mol. The third-order valence-corrected chi connectivity index (χ3v) is 4.73. The minimum atomic E-state index is 0.489. The number of hydrogen-bond donors (Lipinski definition) is 0. The molecule has 2 aliphatic heterocycles. The fourth-order valence-electron chi connectivity index (χ4n) is 3.30. The Labute approximate surface area is 137 Å². The van der Waals surface area contributed by atoms with Crippen molar-refractivity contribution in [1.82, 2.24) is 9.55 Å². The van der Waals surface area contributed by atoms with Crippen molar-refractivity contribution in [3.05, 3.63) is 41.9 Å². The van der Waals surface area contributed by atoms with Gasteiger partial charge in [-0.1, -0.05) is 24.0 Å². The number of fused-ring (bicyclic) bond motifs is 1. The van der Waals surface area contributed by atoms with Crippen molar-refractivity contribution in [1.29, 1.82) is 0 Å². The molecule has 23 heavy (non-hydrogen) atoms. The van der Waals surface area contributed by atoms with E-state index in [1.54, 1.807) is 0 Å². The zero-order valence-electron chi connectivity index (χ0n) is 13.4. The Balaban J connectivity index is 1.49. The van der Waals surface area contributed by atoms with Crippen LogP contribution in [0.3, 0.4) is 0 Å². The number of ether oxygens (including phenoxy) is 1. The first-order chi connectivity index (χ1) is 11.4. The van der Waals surface area contributed by atoms with Gasteiger partial charge in [-0.2, -0.15) is 0 Å². The summed E-state index contributed by atoms with van der Waals surface area (Å²) < 4.78 is 7.68. The molecule has 4 rings (SSSR count). The average molecular weight is 306 g/mol. The highest BCUT2D eigenvalue weighted by Gasteiger charge is 2.13. The Bertz CT molecular complexity index is 704. The Kier molecular flexibility index (Phi) is 4.17. The van der Waals surface area contributed by atoms with E-state index in [0.29, 0.717) is 5.92 Å². The van der Waals surface area contributed by atoms with Crippen molar-refractivity contribution in [3.63, 3.8) is 0 Å². The van der Waals surface area contributed by atoms with Gasteiger partial charge in [0.05, 0.1) is 5.69 Å². The van der Waals surface area contributed by atoms with E-state index in [4.69, 9.17) is 9.72 Å². The highest BCUT2D eigenvalue weighted by molar-refractivity contribution is 5.60. The molecular formula is C20H22N2O. The van der Waals surface area contributed by atoms with Gasteiger partial charge in [-0.05, 0) is 37.8 Å². The SMILES string of the molecule is C(#CC1CCOCC1)c1ccc(-c2cn3c(n2)CCCC3)cc1. The van der Waals surface area contributed by atoms with E-state index in [-0.39, 0.29) is 0 Å². The van der Waals surface area contributed by atoms with E-state index >= 15 is 0 Å². The molecule has 118 valence electrons. The summed E-state index contributed by atoms with van der Waals surface area (Å²) in [4.78, 5) is 4.78. The van der Waals surface area contributed by atoms with E-state index in [9.17, 15) is 0 Å². The van der Waals surface area contributed by atoms with Crippen LogP contribution in [0, 0.1) is 17.8 Å². The number of nitrogens with zero attached hydrogens (tertiary/aromatic N) is 2. The van der Waals surface area contributed by atoms with Gasteiger partial charge in [0.1, 0.15) is 5.82 Å². The lowest BCUT2D eigenvalue weighted by Gasteiger charge is -2.16. The van der Waals surface area contributed by atoms with Crippen molar-refractivity contribution in [2.75, 3.05) is 13.2 Å². The molecule has 1 aromatic heterocycles. The molecule has 0 aliphatic carbocycles. The van der Waals surface area contributed by atoms with Gasteiger partial charge in [-0.3, -0.25) is 0 Å². The molecule has 3 heterocycles. The molecule has 0 atom stereocenters. The summed E-state index contributed by atoms with van der Waals surface area (Å²) in [5.41, 5.74) is 3.36. The lowest BCUT2D eigenvalue weighted by molar-refractivity contribution is 0.0807. The lowest BCUT2D eigenvalue weighted by atomic mass is 10.0. The van der Waals surface area contributed by atoms with Crippen LogP contribution >= 0.6 is 0 Å². The number of benzene rings is 1. The van der Waals surface area contributed by atoms with Crippen LogP contribution in [0.4, 0.5) is 0 Å². The standard InChI is InChI=1S/C20H22N2O/c1-2-12-22-15-19(21-20(22)3-1)18-8-6-16(7-9-18)4-5-17-10-13-23-14-11-17/h6-9,15,17H,1-3,10-14H2. The van der Waals surface area contributed by atoms with E-state index in [2.05, 4.69) is 46.9 Å². The van der Waals surface area contributed by atoms with Crippen LogP contribution in [-0.4, -0.2) is 22.8 Å². The number of rotatable bonds is 1. The van der Waals surface area contributed by atoms with Gasteiger partial charge in [-0.25, -0.2) is 4.98 Å². The number of aromatic nitrogens is 2. The number of aryl methyl sites for hydroxylation is 2. The summed E-state index contributed by atoms with van der Waals surface area (Å²) in [5, 5.41) is 0. The first-order valence-electron chi connectivity index (χ1n) is 8.64. The van der Waals surface area contributed by atoms with Gasteiger partial charge in [0.25, 0.3) is 0 Å². The molecule has 0 amide bonds. The highest BCUT2D eigenvalue weighted by atomic mass is 16.5. The lowest BCUT2D eigenvalue weighted by Crippen LogP contribution is -2.13. The summed E-state index contributed by atoms with van der Waals surface area (Å²) >= 11 is 0. The van der Waals surface area contributed by atoms with E-state index in [1.807, 2.05) is 0 Å². The molecule has 0 radical (unpaired) electrons. The quantitative estimate of drug-likeness (QED) is 0.752. The minimum absolute atomic E-state index is 0.489. The average Bonchev–Trinajstić information content (AvgIpc) is 3.05. The molecule has 2 aromatic rings. The van der Waals surface area contributed by atoms with Gasteiger partial charge in [0, 0.05) is 49.4 Å². The summed E-state index contributed by atoms with van der Waals surface area (Å²) in [6.07, 6.45) is 7.95. The third kappa shape index (κ3) is 3.33. The Morgan fingerprint density at radius 2 is 1.91 bits per heavy atom. The molecule has 2 aliphatic rings. The molecule has 0 bridgehead atoms. The predicted molar refractivity (Wildman–Crippen MR) is 91.0 cm³/mol. The van der Waals surface area contributed by atoms with Crippen LogP contribution in [-0.2, 0) is 17.7 Å².